The summed E-state index contributed by atoms with van der Waals surface area (Å²) >= 11 is 1.86. The van der Waals surface area contributed by atoms with Gasteiger partial charge in [0.05, 0.1) is 0 Å². The molecular weight excluding hydrogens is 264 g/mol. The lowest BCUT2D eigenvalue weighted by Gasteiger charge is -2.54. The molecule has 3 atom stereocenters. The van der Waals surface area contributed by atoms with Crippen LogP contribution in [-0.2, 0) is 6.54 Å². The van der Waals surface area contributed by atoms with Crippen LogP contribution in [0, 0.1) is 11.8 Å². The SMILES string of the molecule is CC1CCCC(CN)(N(Cc2cccs2)C(C)C)C1C. The van der Waals surface area contributed by atoms with E-state index < -0.39 is 0 Å². The van der Waals surface area contributed by atoms with Gasteiger partial charge < -0.3 is 5.73 Å². The van der Waals surface area contributed by atoms with E-state index in [1.165, 1.54) is 24.1 Å². The normalized spacial score (nSPS) is 31.1. The molecule has 3 unspecified atom stereocenters. The van der Waals surface area contributed by atoms with Crippen molar-refractivity contribution in [3.8, 4) is 0 Å². The van der Waals surface area contributed by atoms with Gasteiger partial charge in [0.2, 0.25) is 0 Å². The van der Waals surface area contributed by atoms with Crippen molar-refractivity contribution < 1.29 is 0 Å². The van der Waals surface area contributed by atoms with Gasteiger partial charge in [-0.15, -0.1) is 11.3 Å². The smallest absolute Gasteiger partial charge is 0.0366 e. The zero-order valence-corrected chi connectivity index (χ0v) is 14.2. The number of rotatable bonds is 5. The molecule has 2 nitrogen and oxygen atoms in total. The summed E-state index contributed by atoms with van der Waals surface area (Å²) in [7, 11) is 0. The van der Waals surface area contributed by atoms with Crippen LogP contribution in [0.4, 0.5) is 0 Å². The fraction of sp³-hybridized carbons (Fsp3) is 0.765. The van der Waals surface area contributed by atoms with Crippen LogP contribution < -0.4 is 5.73 Å². The molecule has 1 aromatic rings. The average molecular weight is 295 g/mol. The standard InChI is InChI=1S/C17H30N2S/c1-13(2)19(11-16-8-6-10-20-16)17(12-18)9-5-7-14(3)15(17)4/h6,8,10,13-15H,5,7,9,11-12,18H2,1-4H3. The molecule has 20 heavy (non-hydrogen) atoms. The summed E-state index contributed by atoms with van der Waals surface area (Å²) in [6.07, 6.45) is 3.92. The highest BCUT2D eigenvalue weighted by Gasteiger charge is 2.45. The second-order valence-corrected chi connectivity index (χ2v) is 7.80. The van der Waals surface area contributed by atoms with Gasteiger partial charge in [-0.25, -0.2) is 0 Å². The van der Waals surface area contributed by atoms with Crippen molar-refractivity contribution in [2.75, 3.05) is 6.54 Å². The summed E-state index contributed by atoms with van der Waals surface area (Å²) in [5.41, 5.74) is 6.50. The Morgan fingerprint density at radius 1 is 1.45 bits per heavy atom. The van der Waals surface area contributed by atoms with Crippen LogP contribution in [0.1, 0.15) is 51.8 Å². The molecule has 1 aliphatic carbocycles. The second-order valence-electron chi connectivity index (χ2n) is 6.77. The maximum absolute atomic E-state index is 6.32. The van der Waals surface area contributed by atoms with E-state index in [4.69, 9.17) is 5.73 Å². The summed E-state index contributed by atoms with van der Waals surface area (Å²) in [5, 5.41) is 2.18. The quantitative estimate of drug-likeness (QED) is 0.885. The van der Waals surface area contributed by atoms with E-state index in [1.54, 1.807) is 0 Å². The second kappa shape index (κ2) is 6.59. The van der Waals surface area contributed by atoms with Crippen molar-refractivity contribution in [3.05, 3.63) is 22.4 Å². The average Bonchev–Trinajstić information content (AvgIpc) is 2.93. The molecule has 0 bridgehead atoms. The maximum Gasteiger partial charge on any atom is 0.0366 e. The van der Waals surface area contributed by atoms with Gasteiger partial charge in [0.1, 0.15) is 0 Å². The highest BCUT2D eigenvalue weighted by atomic mass is 32.1. The largest absolute Gasteiger partial charge is 0.329 e. The summed E-state index contributed by atoms with van der Waals surface area (Å²) in [4.78, 5) is 4.14. The molecule has 1 aliphatic rings. The zero-order valence-electron chi connectivity index (χ0n) is 13.4. The summed E-state index contributed by atoms with van der Waals surface area (Å²) in [6, 6.07) is 4.94. The fourth-order valence-corrected chi connectivity index (χ4v) is 4.68. The van der Waals surface area contributed by atoms with E-state index in [1.807, 2.05) is 11.3 Å². The topological polar surface area (TPSA) is 29.3 Å². The highest BCUT2D eigenvalue weighted by molar-refractivity contribution is 7.09. The monoisotopic (exact) mass is 294 g/mol. The predicted octanol–water partition coefficient (Wildman–Crippen LogP) is 4.11. The van der Waals surface area contributed by atoms with E-state index in [-0.39, 0.29) is 5.54 Å². The lowest BCUT2D eigenvalue weighted by molar-refractivity contribution is -0.0354. The molecule has 0 spiro atoms. The Balaban J connectivity index is 2.28. The first-order chi connectivity index (χ1) is 9.51. The minimum absolute atomic E-state index is 0.176. The van der Waals surface area contributed by atoms with Crippen molar-refractivity contribution in [1.82, 2.24) is 4.90 Å². The fourth-order valence-electron chi connectivity index (χ4n) is 3.97. The lowest BCUT2D eigenvalue weighted by atomic mass is 9.67. The third-order valence-electron chi connectivity index (χ3n) is 5.43. The van der Waals surface area contributed by atoms with Gasteiger partial charge in [-0.05, 0) is 43.6 Å². The maximum atomic E-state index is 6.32. The van der Waals surface area contributed by atoms with Crippen LogP contribution in [-0.4, -0.2) is 23.0 Å². The van der Waals surface area contributed by atoms with Crippen LogP contribution in [0.25, 0.3) is 0 Å². The van der Waals surface area contributed by atoms with Crippen molar-refractivity contribution in [2.45, 2.75) is 65.1 Å². The van der Waals surface area contributed by atoms with Crippen molar-refractivity contribution >= 4 is 11.3 Å². The number of hydrogen-bond donors (Lipinski definition) is 1. The van der Waals surface area contributed by atoms with Gasteiger partial charge in [0.15, 0.2) is 0 Å². The van der Waals surface area contributed by atoms with E-state index in [9.17, 15) is 0 Å². The first-order valence-electron chi connectivity index (χ1n) is 8.00. The molecule has 1 heterocycles. The zero-order chi connectivity index (χ0) is 14.8. The molecule has 0 aromatic carbocycles. The molecule has 114 valence electrons. The lowest BCUT2D eigenvalue weighted by Crippen LogP contribution is -2.62. The van der Waals surface area contributed by atoms with Crippen LogP contribution in [0.2, 0.25) is 0 Å². The van der Waals surface area contributed by atoms with Gasteiger partial charge in [-0.1, -0.05) is 32.8 Å². The van der Waals surface area contributed by atoms with Crippen LogP contribution in [0.3, 0.4) is 0 Å². The van der Waals surface area contributed by atoms with Crippen LogP contribution >= 0.6 is 11.3 Å². The minimum Gasteiger partial charge on any atom is -0.329 e. The van der Waals surface area contributed by atoms with Gasteiger partial charge in [0, 0.05) is 29.5 Å². The van der Waals surface area contributed by atoms with E-state index in [2.05, 4.69) is 50.1 Å². The summed E-state index contributed by atoms with van der Waals surface area (Å²) in [6.45, 7) is 11.3. The van der Waals surface area contributed by atoms with Crippen molar-refractivity contribution in [2.24, 2.45) is 17.6 Å². The number of nitrogens with two attached hydrogens (primary N) is 1. The molecule has 1 aromatic heterocycles. The molecule has 0 saturated heterocycles. The first kappa shape index (κ1) is 16.0. The molecule has 3 heteroatoms. The van der Waals surface area contributed by atoms with Crippen molar-refractivity contribution in [1.29, 1.82) is 0 Å². The van der Waals surface area contributed by atoms with E-state index >= 15 is 0 Å². The number of hydrogen-bond acceptors (Lipinski definition) is 3. The Morgan fingerprint density at radius 2 is 2.20 bits per heavy atom. The highest BCUT2D eigenvalue weighted by Crippen LogP contribution is 2.42. The van der Waals surface area contributed by atoms with E-state index in [0.717, 1.165) is 19.0 Å². The Labute approximate surface area is 128 Å². The molecule has 2 rings (SSSR count). The number of nitrogens with zero attached hydrogens (tertiary/aromatic N) is 1. The molecule has 2 N–H and O–H groups in total. The Morgan fingerprint density at radius 3 is 2.75 bits per heavy atom. The molecule has 0 aliphatic heterocycles. The molecule has 0 amide bonds. The van der Waals surface area contributed by atoms with Gasteiger partial charge >= 0.3 is 0 Å². The summed E-state index contributed by atoms with van der Waals surface area (Å²) in [5.74, 6) is 1.44. The first-order valence-corrected chi connectivity index (χ1v) is 8.88. The molecule has 1 saturated carbocycles. The Kier molecular flexibility index (Phi) is 5.27. The van der Waals surface area contributed by atoms with Crippen LogP contribution in [0.15, 0.2) is 17.5 Å². The summed E-state index contributed by atoms with van der Waals surface area (Å²) < 4.78 is 0. The molecule has 0 radical (unpaired) electrons. The molecule has 1 fully saturated rings. The van der Waals surface area contributed by atoms with Gasteiger partial charge in [-0.3, -0.25) is 4.90 Å². The minimum atomic E-state index is 0.176. The molecular formula is C17H30N2S. The third-order valence-corrected chi connectivity index (χ3v) is 6.29. The van der Waals surface area contributed by atoms with Crippen molar-refractivity contribution in [3.63, 3.8) is 0 Å². The van der Waals surface area contributed by atoms with Crippen LogP contribution in [0.5, 0.6) is 0 Å². The Hall–Kier alpha value is -0.380. The number of thiophene rings is 1. The van der Waals surface area contributed by atoms with E-state index in [0.29, 0.717) is 12.0 Å². The predicted molar refractivity (Wildman–Crippen MR) is 89.0 cm³/mol. The van der Waals surface area contributed by atoms with Gasteiger partial charge in [-0.2, -0.15) is 0 Å². The third kappa shape index (κ3) is 2.95. The Bertz CT molecular complexity index is 401. The van der Waals surface area contributed by atoms with Gasteiger partial charge in [0.25, 0.3) is 0 Å².